The van der Waals surface area contributed by atoms with Gasteiger partial charge >= 0.3 is 0 Å². The Balaban J connectivity index is 2.22. The van der Waals surface area contributed by atoms with Gasteiger partial charge in [0.25, 0.3) is 5.91 Å². The van der Waals surface area contributed by atoms with Gasteiger partial charge in [0.15, 0.2) is 0 Å². The van der Waals surface area contributed by atoms with Crippen LogP contribution in [-0.2, 0) is 0 Å². The van der Waals surface area contributed by atoms with E-state index in [4.69, 9.17) is 0 Å². The van der Waals surface area contributed by atoms with Crippen molar-refractivity contribution in [1.82, 2.24) is 9.97 Å². The molecule has 0 bridgehead atoms. The zero-order valence-corrected chi connectivity index (χ0v) is 12.2. The van der Waals surface area contributed by atoms with Gasteiger partial charge in [-0.25, -0.2) is 4.98 Å². The molecule has 0 spiro atoms. The maximum atomic E-state index is 12.1. The number of hydrogen-bond donors (Lipinski definition) is 2. The number of anilines is 2. The summed E-state index contributed by atoms with van der Waals surface area (Å²) in [5.74, 6) is 0.256. The van der Waals surface area contributed by atoms with Crippen LogP contribution in [0.25, 0.3) is 0 Å². The molecular formula is C13H13BrN4O. The smallest absolute Gasteiger partial charge is 0.275 e. The lowest BCUT2D eigenvalue weighted by Gasteiger charge is -2.08. The predicted molar refractivity (Wildman–Crippen MR) is 78.4 cm³/mol. The molecule has 0 aliphatic rings. The van der Waals surface area contributed by atoms with Gasteiger partial charge in [0.05, 0.1) is 18.1 Å². The summed E-state index contributed by atoms with van der Waals surface area (Å²) in [4.78, 5) is 20.2. The first kappa shape index (κ1) is 13.5. The molecular weight excluding hydrogens is 308 g/mol. The van der Waals surface area contributed by atoms with Crippen molar-refractivity contribution in [2.24, 2.45) is 0 Å². The Labute approximate surface area is 119 Å². The Morgan fingerprint density at radius 2 is 2.11 bits per heavy atom. The number of nitrogens with zero attached hydrogens (tertiary/aromatic N) is 2. The molecule has 5 nitrogen and oxygen atoms in total. The molecule has 0 saturated carbocycles. The van der Waals surface area contributed by atoms with Gasteiger partial charge in [-0.3, -0.25) is 9.78 Å². The molecule has 0 radical (unpaired) electrons. The molecule has 0 fully saturated rings. The molecule has 0 saturated heterocycles. The Morgan fingerprint density at radius 3 is 2.84 bits per heavy atom. The number of carbonyl (C=O) groups is 1. The van der Waals surface area contributed by atoms with Gasteiger partial charge in [-0.2, -0.15) is 0 Å². The Morgan fingerprint density at radius 1 is 1.32 bits per heavy atom. The second-order valence-electron chi connectivity index (χ2n) is 3.98. The number of hydrogen-bond acceptors (Lipinski definition) is 4. The fourth-order valence-corrected chi connectivity index (χ4v) is 1.86. The van der Waals surface area contributed by atoms with E-state index in [0.717, 1.165) is 10.0 Å². The summed E-state index contributed by atoms with van der Waals surface area (Å²) in [6.45, 7) is 1.96. The number of halogens is 1. The van der Waals surface area contributed by atoms with Crippen LogP contribution < -0.4 is 10.6 Å². The molecule has 6 heteroatoms. The van der Waals surface area contributed by atoms with E-state index in [2.05, 4.69) is 36.5 Å². The molecule has 1 aromatic heterocycles. The Bertz CT molecular complexity index is 615. The molecule has 2 rings (SSSR count). The highest BCUT2D eigenvalue weighted by molar-refractivity contribution is 9.10. The minimum Gasteiger partial charge on any atom is -0.372 e. The van der Waals surface area contributed by atoms with E-state index in [0.29, 0.717) is 11.5 Å². The molecule has 2 N–H and O–H groups in total. The number of carbonyl (C=O) groups excluding carboxylic acids is 1. The van der Waals surface area contributed by atoms with Gasteiger partial charge in [-0.05, 0) is 40.5 Å². The molecule has 1 amide bonds. The second kappa shape index (κ2) is 5.79. The summed E-state index contributed by atoms with van der Waals surface area (Å²) in [5.41, 5.74) is 2.04. The highest BCUT2D eigenvalue weighted by atomic mass is 79.9. The highest BCUT2D eigenvalue weighted by Crippen LogP contribution is 2.23. The predicted octanol–water partition coefficient (Wildman–Crippen LogP) is 2.84. The summed E-state index contributed by atoms with van der Waals surface area (Å²) in [6.07, 6.45) is 2.99. The lowest BCUT2D eigenvalue weighted by Crippen LogP contribution is -2.15. The largest absolute Gasteiger partial charge is 0.372 e. The van der Waals surface area contributed by atoms with Crippen LogP contribution in [0.3, 0.4) is 0 Å². The molecule has 2 aromatic rings. The van der Waals surface area contributed by atoms with Crippen LogP contribution in [0.1, 0.15) is 16.1 Å². The number of aromatic nitrogens is 2. The van der Waals surface area contributed by atoms with Crippen LogP contribution in [-0.4, -0.2) is 22.9 Å². The van der Waals surface area contributed by atoms with E-state index >= 15 is 0 Å². The van der Waals surface area contributed by atoms with Crippen LogP contribution in [0, 0.1) is 6.92 Å². The van der Waals surface area contributed by atoms with Crippen molar-refractivity contribution >= 4 is 33.3 Å². The third kappa shape index (κ3) is 3.29. The summed E-state index contributed by atoms with van der Waals surface area (Å²) in [7, 11) is 1.73. The second-order valence-corrected chi connectivity index (χ2v) is 4.83. The van der Waals surface area contributed by atoms with Gasteiger partial charge in [0.2, 0.25) is 0 Å². The molecule has 0 atom stereocenters. The highest BCUT2D eigenvalue weighted by Gasteiger charge is 2.10. The van der Waals surface area contributed by atoms with E-state index in [-0.39, 0.29) is 11.6 Å². The van der Waals surface area contributed by atoms with Crippen LogP contribution in [0.2, 0.25) is 0 Å². The first-order valence-electron chi connectivity index (χ1n) is 5.67. The maximum Gasteiger partial charge on any atom is 0.275 e. The van der Waals surface area contributed by atoms with Gasteiger partial charge < -0.3 is 10.6 Å². The monoisotopic (exact) mass is 320 g/mol. The minimum absolute atomic E-state index is 0.264. The van der Waals surface area contributed by atoms with Crippen LogP contribution in [0.4, 0.5) is 11.5 Å². The Hall–Kier alpha value is -1.95. The average Bonchev–Trinajstić information content (AvgIpc) is 2.43. The van der Waals surface area contributed by atoms with E-state index in [1.807, 2.05) is 25.1 Å². The summed E-state index contributed by atoms with van der Waals surface area (Å²) in [6, 6.07) is 5.74. The van der Waals surface area contributed by atoms with Crippen molar-refractivity contribution in [3.05, 3.63) is 46.3 Å². The number of aryl methyl sites for hydroxylation is 1. The van der Waals surface area contributed by atoms with Gasteiger partial charge in [0.1, 0.15) is 11.5 Å². The maximum absolute atomic E-state index is 12.1. The SMILES string of the molecule is CNc1cncc(C(=O)Nc2cc(C)ccc2Br)n1. The number of amides is 1. The van der Waals surface area contributed by atoms with E-state index in [9.17, 15) is 4.79 Å². The molecule has 0 aliphatic heterocycles. The van der Waals surface area contributed by atoms with Crippen molar-refractivity contribution in [1.29, 1.82) is 0 Å². The average molecular weight is 321 g/mol. The lowest BCUT2D eigenvalue weighted by atomic mass is 10.2. The summed E-state index contributed by atoms with van der Waals surface area (Å²) >= 11 is 3.40. The molecule has 0 aliphatic carbocycles. The molecule has 1 aromatic carbocycles. The van der Waals surface area contributed by atoms with Gasteiger partial charge in [-0.1, -0.05) is 6.07 Å². The van der Waals surface area contributed by atoms with Crippen LogP contribution >= 0.6 is 15.9 Å². The van der Waals surface area contributed by atoms with Gasteiger partial charge in [0, 0.05) is 11.5 Å². The van der Waals surface area contributed by atoms with E-state index in [1.165, 1.54) is 6.20 Å². The zero-order chi connectivity index (χ0) is 13.8. The first-order chi connectivity index (χ1) is 9.10. The number of benzene rings is 1. The lowest BCUT2D eigenvalue weighted by molar-refractivity contribution is 0.102. The molecule has 98 valence electrons. The third-order valence-electron chi connectivity index (χ3n) is 2.49. The summed E-state index contributed by atoms with van der Waals surface area (Å²) < 4.78 is 0.823. The fourth-order valence-electron chi connectivity index (χ4n) is 1.52. The molecule has 0 unspecified atom stereocenters. The molecule has 1 heterocycles. The van der Waals surface area contributed by atoms with Gasteiger partial charge in [-0.15, -0.1) is 0 Å². The van der Waals surface area contributed by atoms with Crippen molar-refractivity contribution in [2.45, 2.75) is 6.92 Å². The number of rotatable bonds is 3. The van der Waals surface area contributed by atoms with Crippen molar-refractivity contribution in [3.63, 3.8) is 0 Å². The van der Waals surface area contributed by atoms with Crippen molar-refractivity contribution < 1.29 is 4.79 Å². The zero-order valence-electron chi connectivity index (χ0n) is 10.6. The normalized spacial score (nSPS) is 10.1. The first-order valence-corrected chi connectivity index (χ1v) is 6.47. The standard InChI is InChI=1S/C13H13BrN4O/c1-8-3-4-9(14)10(5-8)18-13(19)11-6-16-7-12(15-2)17-11/h3-7H,1-2H3,(H,15,17)(H,18,19). The third-order valence-corrected chi connectivity index (χ3v) is 3.18. The van der Waals surface area contributed by atoms with E-state index in [1.54, 1.807) is 13.2 Å². The van der Waals surface area contributed by atoms with E-state index < -0.39 is 0 Å². The van der Waals surface area contributed by atoms with Crippen molar-refractivity contribution in [3.8, 4) is 0 Å². The number of nitrogens with one attached hydrogen (secondary N) is 2. The summed E-state index contributed by atoms with van der Waals surface area (Å²) in [5, 5.41) is 5.65. The van der Waals surface area contributed by atoms with Crippen LogP contribution in [0.5, 0.6) is 0 Å². The minimum atomic E-state index is -0.295. The quantitative estimate of drug-likeness (QED) is 0.912. The topological polar surface area (TPSA) is 66.9 Å². The Kier molecular flexibility index (Phi) is 4.11. The van der Waals surface area contributed by atoms with Crippen molar-refractivity contribution in [2.75, 3.05) is 17.7 Å². The van der Waals surface area contributed by atoms with Crippen LogP contribution in [0.15, 0.2) is 35.1 Å². The fraction of sp³-hybridized carbons (Fsp3) is 0.154. The molecule has 19 heavy (non-hydrogen) atoms.